The standard InChI is InChI=1S/C28H32ClN3O4.C4H4O4/c1-3-19-35-20-18-32-25-11-6-5-10-24(25)31(26-21-22(29)13-14-23(26)28(32)34)17-8-7-15-30-16-9-12-27(33)36-4-2;5-3(6)1-2-4(7)8/h1,5-6,9-14,21,30H,4,7-8,15-20H2,2H3;1-2H,(H,5,6)(H,7,8)/b12-9+;2-1-. The van der Waals surface area contributed by atoms with Crippen molar-refractivity contribution in [3.8, 4) is 12.3 Å². The topological polar surface area (TPSA) is 146 Å². The van der Waals surface area contributed by atoms with Gasteiger partial charge in [-0.2, -0.15) is 0 Å². The lowest BCUT2D eigenvalue weighted by Crippen LogP contribution is -2.33. The molecule has 2 aromatic rings. The molecule has 0 aromatic heterocycles. The van der Waals surface area contributed by atoms with E-state index in [1.165, 1.54) is 6.08 Å². The van der Waals surface area contributed by atoms with Crippen molar-refractivity contribution in [3.63, 3.8) is 0 Å². The Bertz CT molecular complexity index is 1370. The molecule has 0 bridgehead atoms. The first-order valence-corrected chi connectivity index (χ1v) is 14.2. The maximum absolute atomic E-state index is 13.6. The number of carbonyl (C=O) groups excluding carboxylic acids is 2. The Morgan fingerprint density at radius 2 is 1.66 bits per heavy atom. The van der Waals surface area contributed by atoms with E-state index in [-0.39, 0.29) is 18.5 Å². The summed E-state index contributed by atoms with van der Waals surface area (Å²) in [6, 6.07) is 13.2. The molecule has 44 heavy (non-hydrogen) atoms. The number of nitrogens with zero attached hydrogens (tertiary/aromatic N) is 2. The van der Waals surface area contributed by atoms with E-state index in [4.69, 9.17) is 37.7 Å². The molecule has 0 saturated carbocycles. The minimum Gasteiger partial charge on any atom is -0.478 e. The summed E-state index contributed by atoms with van der Waals surface area (Å²) in [5.74, 6) is -0.492. The number of fused-ring (bicyclic) bond motifs is 2. The van der Waals surface area contributed by atoms with Crippen molar-refractivity contribution in [3.05, 3.63) is 77.4 Å². The number of ether oxygens (including phenoxy) is 2. The molecule has 0 atom stereocenters. The zero-order chi connectivity index (χ0) is 32.3. The van der Waals surface area contributed by atoms with Gasteiger partial charge in [-0.15, -0.1) is 6.42 Å². The number of carboxylic acids is 2. The van der Waals surface area contributed by atoms with E-state index in [2.05, 4.69) is 16.1 Å². The van der Waals surface area contributed by atoms with Crippen LogP contribution in [-0.4, -0.2) is 80.0 Å². The third-order valence-electron chi connectivity index (χ3n) is 5.99. The number of amides is 1. The highest BCUT2D eigenvalue weighted by molar-refractivity contribution is 6.31. The maximum Gasteiger partial charge on any atom is 0.330 e. The third kappa shape index (κ3) is 11.9. The number of para-hydroxylation sites is 2. The van der Waals surface area contributed by atoms with Gasteiger partial charge in [-0.25, -0.2) is 14.4 Å². The Hall–Kier alpha value is -4.63. The van der Waals surface area contributed by atoms with Crippen molar-refractivity contribution in [2.75, 3.05) is 55.8 Å². The summed E-state index contributed by atoms with van der Waals surface area (Å²) in [7, 11) is 0. The molecule has 1 aliphatic heterocycles. The van der Waals surface area contributed by atoms with Crippen LogP contribution in [0.5, 0.6) is 0 Å². The Labute approximate surface area is 261 Å². The lowest BCUT2D eigenvalue weighted by atomic mass is 10.1. The fourth-order valence-electron chi connectivity index (χ4n) is 4.16. The number of halogens is 1. The molecule has 0 saturated heterocycles. The molecule has 0 fully saturated rings. The number of hydrogen-bond acceptors (Lipinski definition) is 8. The number of carbonyl (C=O) groups is 4. The van der Waals surface area contributed by atoms with Gasteiger partial charge in [0.25, 0.3) is 5.91 Å². The average Bonchev–Trinajstić information content (AvgIpc) is 3.08. The van der Waals surface area contributed by atoms with Crippen LogP contribution in [0.2, 0.25) is 5.02 Å². The second kappa shape index (κ2) is 19.5. The van der Waals surface area contributed by atoms with E-state index >= 15 is 0 Å². The maximum atomic E-state index is 13.6. The van der Waals surface area contributed by atoms with Crippen molar-refractivity contribution >= 4 is 52.5 Å². The SMILES string of the molecule is C#CCOCCN1C(=O)c2ccc(Cl)cc2N(CCCCNC/C=C/C(=O)OCC)c2ccccc21.O=C(O)/C=C\C(=O)O. The smallest absolute Gasteiger partial charge is 0.330 e. The van der Waals surface area contributed by atoms with Crippen LogP contribution in [0.1, 0.15) is 30.1 Å². The number of carboxylic acid groups (broad SMARTS) is 2. The molecular weight excluding hydrogens is 590 g/mol. The number of esters is 1. The number of benzene rings is 2. The summed E-state index contributed by atoms with van der Waals surface area (Å²) >= 11 is 6.36. The zero-order valence-electron chi connectivity index (χ0n) is 24.4. The first kappa shape index (κ1) is 35.6. The molecule has 3 N–H and O–H groups in total. The number of hydrogen-bond donors (Lipinski definition) is 3. The Morgan fingerprint density at radius 1 is 0.977 bits per heavy atom. The normalized spacial score (nSPS) is 12.2. The summed E-state index contributed by atoms with van der Waals surface area (Å²) in [6.07, 6.45) is 11.4. The predicted molar refractivity (Wildman–Crippen MR) is 169 cm³/mol. The third-order valence-corrected chi connectivity index (χ3v) is 6.23. The highest BCUT2D eigenvalue weighted by Crippen LogP contribution is 2.41. The van der Waals surface area contributed by atoms with Crippen LogP contribution in [-0.2, 0) is 23.9 Å². The van der Waals surface area contributed by atoms with Gasteiger partial charge in [0.05, 0.1) is 35.8 Å². The van der Waals surface area contributed by atoms with Gasteiger partial charge >= 0.3 is 17.9 Å². The van der Waals surface area contributed by atoms with Gasteiger partial charge in [0.1, 0.15) is 6.61 Å². The summed E-state index contributed by atoms with van der Waals surface area (Å²) in [5.41, 5.74) is 3.14. The zero-order valence-corrected chi connectivity index (χ0v) is 25.2. The van der Waals surface area contributed by atoms with E-state index in [9.17, 15) is 19.2 Å². The summed E-state index contributed by atoms with van der Waals surface area (Å²) in [4.78, 5) is 48.0. The molecular formula is C32H36ClN3O8. The van der Waals surface area contributed by atoms with Gasteiger partial charge in [0.15, 0.2) is 0 Å². The van der Waals surface area contributed by atoms with Gasteiger partial charge in [-0.3, -0.25) is 4.79 Å². The molecule has 1 amide bonds. The lowest BCUT2D eigenvalue weighted by molar-refractivity contribution is -0.137. The number of anilines is 3. The van der Waals surface area contributed by atoms with Gasteiger partial charge in [0, 0.05) is 42.9 Å². The van der Waals surface area contributed by atoms with Crippen LogP contribution in [0.3, 0.4) is 0 Å². The number of unbranched alkanes of at least 4 members (excludes halogenated alkanes) is 1. The molecule has 0 spiro atoms. The number of aliphatic carboxylic acids is 2. The van der Waals surface area contributed by atoms with Gasteiger partial charge in [-0.1, -0.05) is 35.7 Å². The van der Waals surface area contributed by atoms with Crippen molar-refractivity contribution in [2.24, 2.45) is 0 Å². The van der Waals surface area contributed by atoms with Crippen molar-refractivity contribution in [1.29, 1.82) is 0 Å². The average molecular weight is 626 g/mol. The van der Waals surface area contributed by atoms with Gasteiger partial charge in [-0.05, 0) is 56.6 Å². The molecule has 11 nitrogen and oxygen atoms in total. The second-order valence-corrected chi connectivity index (χ2v) is 9.53. The predicted octanol–water partition coefficient (Wildman–Crippen LogP) is 4.29. The van der Waals surface area contributed by atoms with Crippen molar-refractivity contribution < 1.29 is 38.9 Å². The first-order chi connectivity index (χ1) is 21.2. The number of nitrogens with one attached hydrogen (secondary N) is 1. The van der Waals surface area contributed by atoms with Gasteiger partial charge < -0.3 is 34.8 Å². The molecule has 3 rings (SSSR count). The molecule has 1 heterocycles. The van der Waals surface area contributed by atoms with E-state index in [1.807, 2.05) is 30.3 Å². The minimum atomic E-state index is -1.26. The monoisotopic (exact) mass is 625 g/mol. The summed E-state index contributed by atoms with van der Waals surface area (Å²) in [5, 5.41) is 19.5. The van der Waals surface area contributed by atoms with E-state index in [0.29, 0.717) is 55.6 Å². The molecule has 2 aromatic carbocycles. The summed E-state index contributed by atoms with van der Waals surface area (Å²) < 4.78 is 10.3. The Morgan fingerprint density at radius 3 is 2.30 bits per heavy atom. The van der Waals surface area contributed by atoms with Crippen LogP contribution < -0.4 is 15.1 Å². The lowest BCUT2D eigenvalue weighted by Gasteiger charge is -2.27. The van der Waals surface area contributed by atoms with E-state index in [0.717, 1.165) is 36.4 Å². The van der Waals surface area contributed by atoms with Crippen LogP contribution in [0.25, 0.3) is 0 Å². The molecule has 0 aliphatic carbocycles. The van der Waals surface area contributed by atoms with Crippen LogP contribution in [0.15, 0.2) is 66.8 Å². The van der Waals surface area contributed by atoms with Crippen LogP contribution >= 0.6 is 11.6 Å². The number of rotatable bonds is 15. The van der Waals surface area contributed by atoms with Crippen LogP contribution in [0, 0.1) is 12.3 Å². The van der Waals surface area contributed by atoms with Crippen molar-refractivity contribution in [1.82, 2.24) is 5.32 Å². The Kier molecular flexibility index (Phi) is 15.8. The summed E-state index contributed by atoms with van der Waals surface area (Å²) in [6.45, 7) is 5.17. The molecule has 0 unspecified atom stereocenters. The number of terminal acetylenes is 1. The molecule has 1 aliphatic rings. The second-order valence-electron chi connectivity index (χ2n) is 9.09. The first-order valence-electron chi connectivity index (χ1n) is 13.9. The fourth-order valence-corrected chi connectivity index (χ4v) is 4.32. The quantitative estimate of drug-likeness (QED) is 0.113. The van der Waals surface area contributed by atoms with E-state index in [1.54, 1.807) is 30.0 Å². The molecule has 0 radical (unpaired) electrons. The highest BCUT2D eigenvalue weighted by atomic mass is 35.5. The largest absolute Gasteiger partial charge is 0.478 e. The fraction of sp³-hybridized carbons (Fsp3) is 0.312. The van der Waals surface area contributed by atoms with E-state index < -0.39 is 11.9 Å². The van der Waals surface area contributed by atoms with Crippen LogP contribution in [0.4, 0.5) is 17.1 Å². The highest BCUT2D eigenvalue weighted by Gasteiger charge is 2.30. The minimum absolute atomic E-state index is 0.101. The van der Waals surface area contributed by atoms with Crippen molar-refractivity contribution in [2.45, 2.75) is 19.8 Å². The Balaban J connectivity index is 0.000000742. The van der Waals surface area contributed by atoms with Gasteiger partial charge in [0.2, 0.25) is 0 Å². The molecule has 12 heteroatoms. The molecule has 234 valence electrons.